The maximum Gasteiger partial charge on any atom is 0.227 e. The molecule has 3 aromatic rings. The maximum absolute atomic E-state index is 11.2. The van der Waals surface area contributed by atoms with Crippen LogP contribution in [-0.2, 0) is 10.2 Å². The van der Waals surface area contributed by atoms with Gasteiger partial charge in [0.25, 0.3) is 0 Å². The molecule has 3 rings (SSSR count). The topological polar surface area (TPSA) is 83.0 Å². The number of hydrogen-bond acceptors (Lipinski definition) is 5. The first-order valence-electron chi connectivity index (χ1n) is 8.91. The third-order valence-electron chi connectivity index (χ3n) is 4.32. The molecule has 2 N–H and O–H groups in total. The van der Waals surface area contributed by atoms with E-state index in [-0.39, 0.29) is 11.2 Å². The number of aromatic nitrogens is 3. The van der Waals surface area contributed by atoms with Gasteiger partial charge >= 0.3 is 0 Å². The number of primary amides is 1. The molecule has 1 amide bonds. The highest BCUT2D eigenvalue weighted by molar-refractivity contribution is 7.99. The van der Waals surface area contributed by atoms with Gasteiger partial charge in [-0.05, 0) is 35.2 Å². The SMILES string of the molecule is COc1ccc(-n2c(SCC(N)=O)nnc2-c2ccc(C(C)(C)C)cc2)cc1. The monoisotopic (exact) mass is 396 g/mol. The number of nitrogens with zero attached hydrogens (tertiary/aromatic N) is 3. The van der Waals surface area contributed by atoms with Crippen LogP contribution < -0.4 is 10.5 Å². The number of carbonyl (C=O) groups excluding carboxylic acids is 1. The van der Waals surface area contributed by atoms with Crippen LogP contribution in [0.3, 0.4) is 0 Å². The summed E-state index contributed by atoms with van der Waals surface area (Å²) < 4.78 is 7.18. The molecule has 28 heavy (non-hydrogen) atoms. The van der Waals surface area contributed by atoms with Gasteiger partial charge in [0.15, 0.2) is 11.0 Å². The number of rotatable bonds is 6. The van der Waals surface area contributed by atoms with Gasteiger partial charge in [-0.15, -0.1) is 10.2 Å². The van der Waals surface area contributed by atoms with Crippen LogP contribution >= 0.6 is 11.8 Å². The second-order valence-corrected chi connectivity index (χ2v) is 8.36. The standard InChI is InChI=1S/C21H24N4O2S/c1-21(2,3)15-7-5-14(6-8-15)19-23-24-20(28-13-18(22)26)25(19)16-9-11-17(27-4)12-10-16/h5-12H,13H2,1-4H3,(H2,22,26). The Kier molecular flexibility index (Phi) is 5.74. The summed E-state index contributed by atoms with van der Waals surface area (Å²) in [4.78, 5) is 11.2. The summed E-state index contributed by atoms with van der Waals surface area (Å²) >= 11 is 1.27. The molecular weight excluding hydrogens is 372 g/mol. The van der Waals surface area contributed by atoms with Crippen LogP contribution in [0.4, 0.5) is 0 Å². The first kappa shape index (κ1) is 19.9. The van der Waals surface area contributed by atoms with Crippen LogP contribution in [0.1, 0.15) is 26.3 Å². The van der Waals surface area contributed by atoms with E-state index < -0.39 is 5.91 Å². The van der Waals surface area contributed by atoms with E-state index in [1.807, 2.05) is 41.0 Å². The second kappa shape index (κ2) is 8.06. The fourth-order valence-corrected chi connectivity index (χ4v) is 3.46. The average molecular weight is 397 g/mol. The molecule has 0 saturated heterocycles. The highest BCUT2D eigenvalue weighted by Crippen LogP contribution is 2.30. The number of thioether (sulfide) groups is 1. The Morgan fingerprint density at radius 2 is 1.71 bits per heavy atom. The Balaban J connectivity index is 2.06. The minimum atomic E-state index is -0.398. The van der Waals surface area contributed by atoms with E-state index in [4.69, 9.17) is 10.5 Å². The summed E-state index contributed by atoms with van der Waals surface area (Å²) in [7, 11) is 1.63. The van der Waals surface area contributed by atoms with Gasteiger partial charge in [-0.1, -0.05) is 56.8 Å². The van der Waals surface area contributed by atoms with Gasteiger partial charge in [-0.3, -0.25) is 9.36 Å². The van der Waals surface area contributed by atoms with Gasteiger partial charge < -0.3 is 10.5 Å². The van der Waals surface area contributed by atoms with Crippen LogP contribution in [-0.4, -0.2) is 33.5 Å². The molecule has 0 fully saturated rings. The van der Waals surface area contributed by atoms with Crippen LogP contribution in [0.15, 0.2) is 53.7 Å². The van der Waals surface area contributed by atoms with Crippen LogP contribution in [0, 0.1) is 0 Å². The lowest BCUT2D eigenvalue weighted by molar-refractivity contribution is -0.115. The highest BCUT2D eigenvalue weighted by Gasteiger charge is 2.18. The lowest BCUT2D eigenvalue weighted by Crippen LogP contribution is -2.13. The summed E-state index contributed by atoms with van der Waals surface area (Å²) in [6.45, 7) is 6.54. The minimum Gasteiger partial charge on any atom is -0.497 e. The molecule has 0 aliphatic carbocycles. The molecule has 1 aromatic heterocycles. The zero-order valence-electron chi connectivity index (χ0n) is 16.5. The van der Waals surface area contributed by atoms with Crippen molar-refractivity contribution in [2.75, 3.05) is 12.9 Å². The van der Waals surface area contributed by atoms with Crippen molar-refractivity contribution in [2.24, 2.45) is 5.73 Å². The largest absolute Gasteiger partial charge is 0.497 e. The van der Waals surface area contributed by atoms with Gasteiger partial charge in [-0.2, -0.15) is 0 Å². The van der Waals surface area contributed by atoms with E-state index in [0.717, 1.165) is 17.0 Å². The molecule has 0 radical (unpaired) electrons. The number of hydrogen-bond donors (Lipinski definition) is 1. The van der Waals surface area contributed by atoms with Crippen molar-refractivity contribution >= 4 is 17.7 Å². The smallest absolute Gasteiger partial charge is 0.227 e. The summed E-state index contributed by atoms with van der Waals surface area (Å²) in [5.41, 5.74) is 8.46. The molecule has 6 nitrogen and oxygen atoms in total. The van der Waals surface area contributed by atoms with Crippen molar-refractivity contribution in [1.82, 2.24) is 14.8 Å². The minimum absolute atomic E-state index is 0.0741. The molecule has 0 aliphatic heterocycles. The Hall–Kier alpha value is -2.80. The molecule has 1 heterocycles. The lowest BCUT2D eigenvalue weighted by Gasteiger charge is -2.19. The molecule has 0 spiro atoms. The molecule has 146 valence electrons. The third-order valence-corrected chi connectivity index (χ3v) is 5.27. The number of amides is 1. The summed E-state index contributed by atoms with van der Waals surface area (Å²) in [6.07, 6.45) is 0. The van der Waals surface area contributed by atoms with Crippen molar-refractivity contribution in [3.05, 3.63) is 54.1 Å². The summed E-state index contributed by atoms with van der Waals surface area (Å²) in [5.74, 6) is 1.21. The normalized spacial score (nSPS) is 11.4. The van der Waals surface area contributed by atoms with Gasteiger partial charge in [-0.25, -0.2) is 0 Å². The average Bonchev–Trinajstić information content (AvgIpc) is 3.09. The van der Waals surface area contributed by atoms with E-state index in [9.17, 15) is 4.79 Å². The Labute approximate surface area is 169 Å². The first-order valence-corrected chi connectivity index (χ1v) is 9.90. The van der Waals surface area contributed by atoms with Gasteiger partial charge in [0.1, 0.15) is 5.75 Å². The number of ether oxygens (including phenoxy) is 1. The van der Waals surface area contributed by atoms with Crippen LogP contribution in [0.2, 0.25) is 0 Å². The Morgan fingerprint density at radius 3 is 2.25 bits per heavy atom. The maximum atomic E-state index is 11.2. The zero-order valence-corrected chi connectivity index (χ0v) is 17.3. The summed E-state index contributed by atoms with van der Waals surface area (Å²) in [6, 6.07) is 15.9. The molecule has 0 aliphatic rings. The number of benzene rings is 2. The molecule has 0 bridgehead atoms. The van der Waals surface area contributed by atoms with Gasteiger partial charge in [0.2, 0.25) is 5.91 Å². The van der Waals surface area contributed by atoms with Crippen molar-refractivity contribution in [3.8, 4) is 22.8 Å². The van der Waals surface area contributed by atoms with E-state index in [0.29, 0.717) is 11.0 Å². The number of nitrogens with two attached hydrogens (primary N) is 1. The number of carbonyl (C=O) groups is 1. The van der Waals surface area contributed by atoms with E-state index in [1.165, 1.54) is 17.3 Å². The molecule has 0 saturated carbocycles. The molecule has 2 aromatic carbocycles. The third kappa shape index (κ3) is 4.36. The predicted molar refractivity (Wildman–Crippen MR) is 112 cm³/mol. The molecule has 0 atom stereocenters. The fourth-order valence-electron chi connectivity index (χ4n) is 2.77. The zero-order chi connectivity index (χ0) is 20.3. The van der Waals surface area contributed by atoms with Gasteiger partial charge in [0, 0.05) is 11.3 Å². The van der Waals surface area contributed by atoms with E-state index in [1.54, 1.807) is 7.11 Å². The van der Waals surface area contributed by atoms with Crippen molar-refractivity contribution in [2.45, 2.75) is 31.3 Å². The van der Waals surface area contributed by atoms with Crippen molar-refractivity contribution in [1.29, 1.82) is 0 Å². The quantitative estimate of drug-likeness (QED) is 0.641. The second-order valence-electron chi connectivity index (χ2n) is 7.42. The van der Waals surface area contributed by atoms with Crippen molar-refractivity contribution in [3.63, 3.8) is 0 Å². The molecule has 0 unspecified atom stereocenters. The summed E-state index contributed by atoms with van der Waals surface area (Å²) in [5, 5.41) is 9.29. The Morgan fingerprint density at radius 1 is 1.07 bits per heavy atom. The highest BCUT2D eigenvalue weighted by atomic mass is 32.2. The molecule has 7 heteroatoms. The van der Waals surface area contributed by atoms with E-state index >= 15 is 0 Å². The van der Waals surface area contributed by atoms with Crippen molar-refractivity contribution < 1.29 is 9.53 Å². The van der Waals surface area contributed by atoms with Gasteiger partial charge in [0.05, 0.1) is 12.9 Å². The fraction of sp³-hybridized carbons (Fsp3) is 0.286. The van der Waals surface area contributed by atoms with Crippen LogP contribution in [0.5, 0.6) is 5.75 Å². The Bertz CT molecular complexity index is 958. The van der Waals surface area contributed by atoms with Crippen LogP contribution in [0.25, 0.3) is 17.1 Å². The molecular formula is C21H24N4O2S. The lowest BCUT2D eigenvalue weighted by atomic mass is 9.87. The number of methoxy groups -OCH3 is 1. The predicted octanol–water partition coefficient (Wildman–Crippen LogP) is 3.82. The first-order chi connectivity index (χ1) is 13.3. The van der Waals surface area contributed by atoms with E-state index in [2.05, 4.69) is 43.1 Å².